The van der Waals surface area contributed by atoms with Crippen molar-refractivity contribution in [2.24, 2.45) is 4.99 Å². The maximum absolute atomic E-state index is 12.4. The first kappa shape index (κ1) is 19.6. The fourth-order valence-electron chi connectivity index (χ4n) is 3.36. The lowest BCUT2D eigenvalue weighted by molar-refractivity contribution is -0.113. The normalized spacial score (nSPS) is 18.3. The second kappa shape index (κ2) is 9.18. The monoisotopic (exact) mass is 407 g/mol. The number of piperazine rings is 1. The Morgan fingerprint density at radius 1 is 1.00 bits per heavy atom. The van der Waals surface area contributed by atoms with Gasteiger partial charge in [-0.3, -0.25) is 4.79 Å². The molecule has 0 bridgehead atoms. The number of ether oxygens (including phenoxy) is 1. The van der Waals surface area contributed by atoms with Crippen molar-refractivity contribution >= 4 is 34.6 Å². The molecule has 1 saturated heterocycles. The second-order valence-corrected chi connectivity index (χ2v) is 8.05. The van der Waals surface area contributed by atoms with Crippen LogP contribution in [-0.4, -0.2) is 48.8 Å². The zero-order valence-electron chi connectivity index (χ0n) is 16.6. The Morgan fingerprint density at radius 2 is 1.69 bits per heavy atom. The van der Waals surface area contributed by atoms with Gasteiger partial charge in [0.25, 0.3) is 5.91 Å². The minimum atomic E-state index is -0.151. The van der Waals surface area contributed by atoms with Crippen molar-refractivity contribution in [3.8, 4) is 5.75 Å². The van der Waals surface area contributed by atoms with Crippen LogP contribution < -0.4 is 9.64 Å². The summed E-state index contributed by atoms with van der Waals surface area (Å²) in [7, 11) is 0. The molecule has 0 N–H and O–H groups in total. The van der Waals surface area contributed by atoms with Crippen molar-refractivity contribution in [3.05, 3.63) is 65.1 Å². The zero-order valence-corrected chi connectivity index (χ0v) is 17.4. The summed E-state index contributed by atoms with van der Waals surface area (Å²) in [5, 5.41) is 0.817. The summed E-state index contributed by atoms with van der Waals surface area (Å²) < 4.78 is 5.61. The van der Waals surface area contributed by atoms with Crippen LogP contribution in [-0.2, 0) is 4.79 Å². The van der Waals surface area contributed by atoms with E-state index < -0.39 is 0 Å². The molecule has 1 amide bonds. The van der Waals surface area contributed by atoms with E-state index in [1.807, 2.05) is 36.4 Å². The summed E-state index contributed by atoms with van der Waals surface area (Å²) in [4.78, 5) is 21.9. The van der Waals surface area contributed by atoms with Crippen LogP contribution in [0.3, 0.4) is 0 Å². The Hall–Kier alpha value is -2.73. The highest BCUT2D eigenvalue weighted by atomic mass is 32.2. The summed E-state index contributed by atoms with van der Waals surface area (Å²) in [5.41, 5.74) is 2.23. The Morgan fingerprint density at radius 3 is 2.38 bits per heavy atom. The van der Waals surface area contributed by atoms with E-state index in [0.717, 1.165) is 49.1 Å². The first-order valence-electron chi connectivity index (χ1n) is 10.0. The zero-order chi connectivity index (χ0) is 20.1. The highest BCUT2D eigenvalue weighted by molar-refractivity contribution is 8.18. The summed E-state index contributed by atoms with van der Waals surface area (Å²) in [5.74, 6) is 0.703. The SMILES string of the molecule is CCCOc1ccc(C=C2SC(N3CCN(c4ccccc4)CC3)=NC2=O)cc1. The van der Waals surface area contributed by atoms with Gasteiger partial charge in [-0.1, -0.05) is 37.3 Å². The molecule has 0 radical (unpaired) electrons. The van der Waals surface area contributed by atoms with Gasteiger partial charge in [-0.15, -0.1) is 0 Å². The minimum Gasteiger partial charge on any atom is -0.494 e. The number of para-hydroxylation sites is 1. The van der Waals surface area contributed by atoms with Gasteiger partial charge in [0.2, 0.25) is 0 Å². The van der Waals surface area contributed by atoms with Crippen LogP contribution in [0.1, 0.15) is 18.9 Å². The van der Waals surface area contributed by atoms with Crippen molar-refractivity contribution < 1.29 is 9.53 Å². The van der Waals surface area contributed by atoms with Gasteiger partial charge in [0.05, 0.1) is 11.5 Å². The molecule has 0 saturated carbocycles. The number of carbonyl (C=O) groups is 1. The summed E-state index contributed by atoms with van der Waals surface area (Å²) in [6, 6.07) is 18.3. The number of carbonyl (C=O) groups excluding carboxylic acids is 1. The number of hydrogen-bond acceptors (Lipinski definition) is 5. The van der Waals surface area contributed by atoms with Crippen LogP contribution in [0.25, 0.3) is 6.08 Å². The van der Waals surface area contributed by atoms with Crippen molar-refractivity contribution in [3.63, 3.8) is 0 Å². The highest BCUT2D eigenvalue weighted by Crippen LogP contribution is 2.31. The molecule has 2 aromatic carbocycles. The highest BCUT2D eigenvalue weighted by Gasteiger charge is 2.28. The molecule has 1 fully saturated rings. The molecule has 29 heavy (non-hydrogen) atoms. The van der Waals surface area contributed by atoms with E-state index in [1.54, 1.807) is 0 Å². The van der Waals surface area contributed by atoms with Gasteiger partial charge in [-0.2, -0.15) is 4.99 Å². The van der Waals surface area contributed by atoms with Gasteiger partial charge < -0.3 is 14.5 Å². The van der Waals surface area contributed by atoms with Crippen molar-refractivity contribution in [2.45, 2.75) is 13.3 Å². The van der Waals surface area contributed by atoms with E-state index in [2.05, 4.69) is 46.0 Å². The van der Waals surface area contributed by atoms with E-state index in [1.165, 1.54) is 17.4 Å². The number of aliphatic imine (C=N–C) groups is 1. The van der Waals surface area contributed by atoms with Crippen LogP contribution in [0.4, 0.5) is 5.69 Å². The fraction of sp³-hybridized carbons (Fsp3) is 0.304. The van der Waals surface area contributed by atoms with Gasteiger partial charge >= 0.3 is 0 Å². The number of hydrogen-bond donors (Lipinski definition) is 0. The molecule has 4 rings (SSSR count). The minimum absolute atomic E-state index is 0.151. The second-order valence-electron chi connectivity index (χ2n) is 7.04. The van der Waals surface area contributed by atoms with Crippen LogP contribution in [0.5, 0.6) is 5.75 Å². The Labute approximate surface area is 176 Å². The van der Waals surface area contributed by atoms with Crippen molar-refractivity contribution in [1.29, 1.82) is 0 Å². The third-order valence-corrected chi connectivity index (χ3v) is 5.98. The number of amidine groups is 1. The topological polar surface area (TPSA) is 45.1 Å². The van der Waals surface area contributed by atoms with E-state index in [9.17, 15) is 4.79 Å². The quantitative estimate of drug-likeness (QED) is 0.693. The fourth-order valence-corrected chi connectivity index (χ4v) is 4.32. The van der Waals surface area contributed by atoms with Crippen LogP contribution in [0.15, 0.2) is 64.5 Å². The number of nitrogens with zero attached hydrogens (tertiary/aromatic N) is 3. The third kappa shape index (κ3) is 4.82. The average Bonchev–Trinajstić information content (AvgIpc) is 3.14. The maximum atomic E-state index is 12.4. The summed E-state index contributed by atoms with van der Waals surface area (Å²) >= 11 is 1.47. The number of amides is 1. The van der Waals surface area contributed by atoms with Gasteiger partial charge in [-0.25, -0.2) is 0 Å². The standard InChI is InChI=1S/C23H25N3O2S/c1-2-16-28-20-10-8-18(9-11-20)17-21-22(27)24-23(29-21)26-14-12-25(13-15-26)19-6-4-3-5-7-19/h3-11,17H,2,12-16H2,1H3. The summed E-state index contributed by atoms with van der Waals surface area (Å²) in [6.07, 6.45) is 2.89. The summed E-state index contributed by atoms with van der Waals surface area (Å²) in [6.45, 7) is 6.38. The largest absolute Gasteiger partial charge is 0.494 e. The predicted octanol–water partition coefficient (Wildman–Crippen LogP) is 4.27. The Balaban J connectivity index is 1.35. The van der Waals surface area contributed by atoms with Gasteiger partial charge in [0.1, 0.15) is 5.75 Å². The molecule has 5 nitrogen and oxygen atoms in total. The van der Waals surface area contributed by atoms with Crippen LogP contribution >= 0.6 is 11.8 Å². The van der Waals surface area contributed by atoms with E-state index in [0.29, 0.717) is 11.5 Å². The van der Waals surface area contributed by atoms with E-state index >= 15 is 0 Å². The molecule has 0 aliphatic carbocycles. The van der Waals surface area contributed by atoms with Crippen molar-refractivity contribution in [2.75, 3.05) is 37.7 Å². The molecule has 0 unspecified atom stereocenters. The molecular weight excluding hydrogens is 382 g/mol. The molecular formula is C23H25N3O2S. The maximum Gasteiger partial charge on any atom is 0.286 e. The van der Waals surface area contributed by atoms with Gasteiger partial charge in [-0.05, 0) is 54.1 Å². The molecule has 150 valence electrons. The third-order valence-electron chi connectivity index (χ3n) is 4.93. The Kier molecular flexibility index (Phi) is 6.20. The lowest BCUT2D eigenvalue weighted by atomic mass is 10.2. The lowest BCUT2D eigenvalue weighted by Crippen LogP contribution is -2.47. The molecule has 0 atom stereocenters. The molecule has 2 aliphatic rings. The van der Waals surface area contributed by atoms with Crippen LogP contribution in [0, 0.1) is 0 Å². The first-order valence-corrected chi connectivity index (χ1v) is 10.8. The smallest absolute Gasteiger partial charge is 0.286 e. The molecule has 2 heterocycles. The molecule has 0 spiro atoms. The van der Waals surface area contributed by atoms with Crippen LogP contribution in [0.2, 0.25) is 0 Å². The lowest BCUT2D eigenvalue weighted by Gasteiger charge is -2.36. The average molecular weight is 408 g/mol. The predicted molar refractivity (Wildman–Crippen MR) is 120 cm³/mol. The molecule has 2 aliphatic heterocycles. The number of rotatable bonds is 5. The van der Waals surface area contributed by atoms with Gasteiger partial charge in [0, 0.05) is 31.9 Å². The number of benzene rings is 2. The first-order chi connectivity index (χ1) is 14.2. The van der Waals surface area contributed by atoms with Crippen molar-refractivity contribution in [1.82, 2.24) is 4.90 Å². The van der Waals surface area contributed by atoms with E-state index in [4.69, 9.17) is 4.74 Å². The number of thioether (sulfide) groups is 1. The molecule has 0 aromatic heterocycles. The Bertz CT molecular complexity index is 901. The van der Waals surface area contributed by atoms with E-state index in [-0.39, 0.29) is 5.91 Å². The van der Waals surface area contributed by atoms with Gasteiger partial charge in [0.15, 0.2) is 5.17 Å². The molecule has 2 aromatic rings. The molecule has 6 heteroatoms. The number of anilines is 1.